The van der Waals surface area contributed by atoms with Crippen LogP contribution in [0.2, 0.25) is 0 Å². The molecule has 0 aliphatic rings. The topological polar surface area (TPSA) is 68.7 Å². The van der Waals surface area contributed by atoms with Crippen molar-refractivity contribution in [2.24, 2.45) is 0 Å². The van der Waals surface area contributed by atoms with Crippen LogP contribution in [0.5, 0.6) is 11.5 Å². The zero-order chi connectivity index (χ0) is 16.3. The normalized spacial score (nSPS) is 11.1. The maximum absolute atomic E-state index is 12.5. The fourth-order valence-electron chi connectivity index (χ4n) is 1.80. The molecular weight excluding hydrogens is 303 g/mol. The Kier molecular flexibility index (Phi) is 4.20. The average Bonchev–Trinajstić information content (AvgIpc) is 2.45. The molecule has 0 fully saturated rings. The van der Waals surface area contributed by atoms with Gasteiger partial charge in [0.1, 0.15) is 22.9 Å². The number of rotatable bonds is 4. The Morgan fingerprint density at radius 1 is 1.14 bits per heavy atom. The highest BCUT2D eigenvalue weighted by atomic mass is 19.4. The number of benzene rings is 1. The summed E-state index contributed by atoms with van der Waals surface area (Å²) >= 11 is 0. The third-order valence-electron chi connectivity index (χ3n) is 2.67. The van der Waals surface area contributed by atoms with E-state index in [0.717, 1.165) is 6.07 Å². The van der Waals surface area contributed by atoms with Gasteiger partial charge in [0.25, 0.3) is 0 Å². The van der Waals surface area contributed by atoms with Crippen LogP contribution < -0.4 is 9.47 Å². The number of para-hydroxylation sites is 1. The standard InChI is InChI=1S/C14H10F3NO4/c1-21-11-7-6-9(13(19)20)18-12(11)8-4-2-3-5-10(8)22-14(15,16)17/h2-7H,1H3,(H,19,20). The van der Waals surface area contributed by atoms with Gasteiger partial charge in [-0.05, 0) is 24.3 Å². The van der Waals surface area contributed by atoms with Gasteiger partial charge in [0.05, 0.1) is 7.11 Å². The molecule has 0 saturated heterocycles. The lowest BCUT2D eigenvalue weighted by Crippen LogP contribution is -2.17. The molecular formula is C14H10F3NO4. The molecule has 2 aromatic rings. The first-order valence-electron chi connectivity index (χ1n) is 5.95. The minimum Gasteiger partial charge on any atom is -0.494 e. The highest BCUT2D eigenvalue weighted by molar-refractivity contribution is 5.87. The van der Waals surface area contributed by atoms with E-state index in [4.69, 9.17) is 9.84 Å². The maximum Gasteiger partial charge on any atom is 0.573 e. The fraction of sp³-hybridized carbons (Fsp3) is 0.143. The van der Waals surface area contributed by atoms with Crippen LogP contribution in [0.3, 0.4) is 0 Å². The van der Waals surface area contributed by atoms with Gasteiger partial charge in [-0.1, -0.05) is 12.1 Å². The van der Waals surface area contributed by atoms with Gasteiger partial charge in [0, 0.05) is 5.56 Å². The first-order valence-corrected chi connectivity index (χ1v) is 5.95. The number of hydrogen-bond acceptors (Lipinski definition) is 4. The summed E-state index contributed by atoms with van der Waals surface area (Å²) in [5.74, 6) is -1.68. The molecule has 1 aromatic heterocycles. The largest absolute Gasteiger partial charge is 0.573 e. The molecule has 2 rings (SSSR count). The third-order valence-corrected chi connectivity index (χ3v) is 2.67. The van der Waals surface area contributed by atoms with Crippen molar-refractivity contribution in [2.75, 3.05) is 7.11 Å². The van der Waals surface area contributed by atoms with Crippen LogP contribution in [0, 0.1) is 0 Å². The number of alkyl halides is 3. The Labute approximate surface area is 122 Å². The molecule has 0 spiro atoms. The summed E-state index contributed by atoms with van der Waals surface area (Å²) in [5, 5.41) is 8.96. The summed E-state index contributed by atoms with van der Waals surface area (Å²) < 4.78 is 46.3. The van der Waals surface area contributed by atoms with Gasteiger partial charge in [-0.3, -0.25) is 0 Å². The number of nitrogens with zero attached hydrogens (tertiary/aromatic N) is 1. The van der Waals surface area contributed by atoms with E-state index in [1.165, 1.54) is 37.4 Å². The lowest BCUT2D eigenvalue weighted by atomic mass is 10.1. The molecule has 0 saturated carbocycles. The lowest BCUT2D eigenvalue weighted by Gasteiger charge is -2.14. The number of pyridine rings is 1. The van der Waals surface area contributed by atoms with Crippen LogP contribution in [-0.4, -0.2) is 29.5 Å². The zero-order valence-electron chi connectivity index (χ0n) is 11.2. The van der Waals surface area contributed by atoms with E-state index in [1.807, 2.05) is 0 Å². The molecule has 1 aromatic carbocycles. The molecule has 22 heavy (non-hydrogen) atoms. The van der Waals surface area contributed by atoms with E-state index < -0.39 is 18.1 Å². The van der Waals surface area contributed by atoms with Gasteiger partial charge >= 0.3 is 12.3 Å². The molecule has 1 heterocycles. The summed E-state index contributed by atoms with van der Waals surface area (Å²) in [6.07, 6.45) is -4.88. The van der Waals surface area contributed by atoms with Crippen LogP contribution in [0.25, 0.3) is 11.3 Å². The number of carboxylic acid groups (broad SMARTS) is 1. The second-order valence-electron chi connectivity index (χ2n) is 4.10. The molecule has 0 radical (unpaired) electrons. The number of hydrogen-bond donors (Lipinski definition) is 1. The van der Waals surface area contributed by atoms with Gasteiger partial charge in [0.15, 0.2) is 0 Å². The molecule has 0 amide bonds. The van der Waals surface area contributed by atoms with Gasteiger partial charge in [-0.15, -0.1) is 13.2 Å². The Balaban J connectivity index is 2.60. The fourth-order valence-corrected chi connectivity index (χ4v) is 1.80. The summed E-state index contributed by atoms with van der Waals surface area (Å²) in [6.45, 7) is 0. The number of halogens is 3. The maximum atomic E-state index is 12.5. The van der Waals surface area contributed by atoms with E-state index in [1.54, 1.807) is 0 Å². The predicted molar refractivity (Wildman–Crippen MR) is 69.9 cm³/mol. The lowest BCUT2D eigenvalue weighted by molar-refractivity contribution is -0.274. The first kappa shape index (κ1) is 15.6. The molecule has 8 heteroatoms. The summed E-state index contributed by atoms with van der Waals surface area (Å²) in [6, 6.07) is 7.79. The highest BCUT2D eigenvalue weighted by Crippen LogP contribution is 2.37. The van der Waals surface area contributed by atoms with Crippen molar-refractivity contribution in [3.05, 3.63) is 42.1 Å². The first-order chi connectivity index (χ1) is 10.3. The van der Waals surface area contributed by atoms with Crippen molar-refractivity contribution < 1.29 is 32.5 Å². The average molecular weight is 313 g/mol. The highest BCUT2D eigenvalue weighted by Gasteiger charge is 2.32. The van der Waals surface area contributed by atoms with Gasteiger partial charge in [-0.2, -0.15) is 0 Å². The minimum atomic E-state index is -4.88. The Hall–Kier alpha value is -2.77. The number of aromatic nitrogens is 1. The van der Waals surface area contributed by atoms with Gasteiger partial charge in [-0.25, -0.2) is 9.78 Å². The number of carbonyl (C=O) groups is 1. The molecule has 5 nitrogen and oxygen atoms in total. The second-order valence-corrected chi connectivity index (χ2v) is 4.10. The number of methoxy groups -OCH3 is 1. The number of aromatic carboxylic acids is 1. The van der Waals surface area contributed by atoms with E-state index in [-0.39, 0.29) is 22.7 Å². The SMILES string of the molecule is COc1ccc(C(=O)O)nc1-c1ccccc1OC(F)(F)F. The van der Waals surface area contributed by atoms with Crippen LogP contribution in [0.4, 0.5) is 13.2 Å². The van der Waals surface area contributed by atoms with E-state index in [0.29, 0.717) is 0 Å². The summed E-state index contributed by atoms with van der Waals surface area (Å²) in [5.41, 5.74) is -0.403. The third kappa shape index (κ3) is 3.46. The minimum absolute atomic E-state index is 0.0280. The van der Waals surface area contributed by atoms with Crippen molar-refractivity contribution in [3.63, 3.8) is 0 Å². The van der Waals surface area contributed by atoms with Crippen molar-refractivity contribution in [3.8, 4) is 22.8 Å². The van der Waals surface area contributed by atoms with Crippen LogP contribution in [0.1, 0.15) is 10.5 Å². The second kappa shape index (κ2) is 5.92. The van der Waals surface area contributed by atoms with Crippen LogP contribution >= 0.6 is 0 Å². The van der Waals surface area contributed by atoms with Crippen LogP contribution in [-0.2, 0) is 0 Å². The zero-order valence-corrected chi connectivity index (χ0v) is 11.2. The Morgan fingerprint density at radius 2 is 1.82 bits per heavy atom. The molecule has 1 N–H and O–H groups in total. The van der Waals surface area contributed by atoms with E-state index in [2.05, 4.69) is 9.72 Å². The van der Waals surface area contributed by atoms with Crippen molar-refractivity contribution in [1.29, 1.82) is 0 Å². The van der Waals surface area contributed by atoms with Crippen molar-refractivity contribution >= 4 is 5.97 Å². The van der Waals surface area contributed by atoms with E-state index in [9.17, 15) is 18.0 Å². The van der Waals surface area contributed by atoms with Gasteiger partial charge in [0.2, 0.25) is 0 Å². The number of carboxylic acids is 1. The number of ether oxygens (including phenoxy) is 2. The molecule has 0 atom stereocenters. The summed E-state index contributed by atoms with van der Waals surface area (Å²) in [4.78, 5) is 14.8. The molecule has 0 aliphatic carbocycles. The molecule has 0 bridgehead atoms. The van der Waals surface area contributed by atoms with Crippen molar-refractivity contribution in [1.82, 2.24) is 4.98 Å². The monoisotopic (exact) mass is 313 g/mol. The molecule has 0 unspecified atom stereocenters. The summed E-state index contributed by atoms with van der Waals surface area (Å²) in [7, 11) is 1.30. The van der Waals surface area contributed by atoms with Crippen molar-refractivity contribution in [2.45, 2.75) is 6.36 Å². The Bertz CT molecular complexity index is 701. The molecule has 0 aliphatic heterocycles. The smallest absolute Gasteiger partial charge is 0.494 e. The van der Waals surface area contributed by atoms with Crippen LogP contribution in [0.15, 0.2) is 36.4 Å². The van der Waals surface area contributed by atoms with E-state index >= 15 is 0 Å². The quantitative estimate of drug-likeness (QED) is 0.937. The Morgan fingerprint density at radius 3 is 2.41 bits per heavy atom. The van der Waals surface area contributed by atoms with Gasteiger partial charge < -0.3 is 14.6 Å². The molecule has 116 valence electrons. The predicted octanol–water partition coefficient (Wildman–Crippen LogP) is 3.35.